The molecule has 0 saturated carbocycles. The molecule has 0 aliphatic heterocycles. The van der Waals surface area contributed by atoms with Gasteiger partial charge >= 0.3 is 5.69 Å². The number of imidazole rings is 1. The number of aromatic amines is 1. The average molecular weight is 265 g/mol. The maximum Gasteiger partial charge on any atom is 0.332 e. The molecule has 0 unspecified atom stereocenters. The Morgan fingerprint density at radius 3 is 2.37 bits per heavy atom. The number of hydrogen-bond acceptors (Lipinski definition) is 4. The zero-order valence-corrected chi connectivity index (χ0v) is 11.3. The molecule has 7 heteroatoms. The van der Waals surface area contributed by atoms with E-state index in [1.807, 2.05) is 13.8 Å². The van der Waals surface area contributed by atoms with Crippen LogP contribution in [0.25, 0.3) is 11.2 Å². The Hall–Kier alpha value is -1.89. The fourth-order valence-electron chi connectivity index (χ4n) is 2.16. The minimum atomic E-state index is -0.318. The van der Waals surface area contributed by atoms with E-state index in [1.54, 1.807) is 4.57 Å². The second-order valence-corrected chi connectivity index (χ2v) is 4.48. The van der Waals surface area contributed by atoms with Crippen LogP contribution < -0.4 is 17.0 Å². The van der Waals surface area contributed by atoms with Gasteiger partial charge in [0.2, 0.25) is 0 Å². The summed E-state index contributed by atoms with van der Waals surface area (Å²) in [5, 5.41) is 0. The first-order chi connectivity index (χ1) is 9.13. The van der Waals surface area contributed by atoms with E-state index in [9.17, 15) is 9.59 Å². The summed E-state index contributed by atoms with van der Waals surface area (Å²) in [6.45, 7) is 5.06. The van der Waals surface area contributed by atoms with Crippen LogP contribution in [-0.4, -0.2) is 19.1 Å². The van der Waals surface area contributed by atoms with Gasteiger partial charge in [0.15, 0.2) is 5.65 Å². The largest absolute Gasteiger partial charge is 0.335 e. The van der Waals surface area contributed by atoms with Crippen LogP contribution in [0.15, 0.2) is 9.59 Å². The molecule has 0 spiro atoms. The third-order valence-electron chi connectivity index (χ3n) is 3.00. The molecule has 104 valence electrons. The van der Waals surface area contributed by atoms with Crippen molar-refractivity contribution < 1.29 is 0 Å². The number of rotatable bonds is 5. The number of aromatic nitrogens is 4. The van der Waals surface area contributed by atoms with Crippen LogP contribution in [-0.2, 0) is 19.6 Å². The summed E-state index contributed by atoms with van der Waals surface area (Å²) < 4.78 is 2.80. The number of nitrogens with one attached hydrogen (secondary N) is 1. The molecule has 0 aliphatic rings. The van der Waals surface area contributed by atoms with Gasteiger partial charge in [-0.15, -0.1) is 0 Å². The second kappa shape index (κ2) is 5.40. The Labute approximate surface area is 110 Å². The minimum absolute atomic E-state index is 0.211. The predicted octanol–water partition coefficient (Wildman–Crippen LogP) is 0.165. The van der Waals surface area contributed by atoms with Gasteiger partial charge in [-0.1, -0.05) is 13.8 Å². The number of nitrogens with zero attached hydrogens (tertiary/aromatic N) is 3. The molecule has 2 aromatic heterocycles. The van der Waals surface area contributed by atoms with Gasteiger partial charge in [0, 0.05) is 13.1 Å². The van der Waals surface area contributed by atoms with E-state index in [0.29, 0.717) is 30.1 Å². The van der Waals surface area contributed by atoms with Crippen molar-refractivity contribution in [1.82, 2.24) is 19.1 Å². The lowest BCUT2D eigenvalue weighted by Crippen LogP contribution is -2.40. The van der Waals surface area contributed by atoms with Crippen LogP contribution >= 0.6 is 0 Å². The molecule has 0 aromatic carbocycles. The van der Waals surface area contributed by atoms with Crippen molar-refractivity contribution in [2.24, 2.45) is 5.73 Å². The Kier molecular flexibility index (Phi) is 3.84. The standard InChI is InChI=1S/C12H19N5O2/c1-3-5-16-10-9(14-8(7-13)15-10)11(18)17(6-4-2)12(16)19/h3-7,13H2,1-2H3,(H,14,15). The summed E-state index contributed by atoms with van der Waals surface area (Å²) in [7, 11) is 0. The van der Waals surface area contributed by atoms with E-state index >= 15 is 0 Å². The number of nitrogens with two attached hydrogens (primary N) is 1. The molecule has 0 saturated heterocycles. The van der Waals surface area contributed by atoms with E-state index in [4.69, 9.17) is 5.73 Å². The third kappa shape index (κ3) is 2.21. The molecule has 0 fully saturated rings. The van der Waals surface area contributed by atoms with Gasteiger partial charge in [-0.25, -0.2) is 9.78 Å². The summed E-state index contributed by atoms with van der Waals surface area (Å²) >= 11 is 0. The van der Waals surface area contributed by atoms with Gasteiger partial charge in [0.05, 0.1) is 6.54 Å². The van der Waals surface area contributed by atoms with Crippen molar-refractivity contribution in [3.63, 3.8) is 0 Å². The van der Waals surface area contributed by atoms with E-state index < -0.39 is 0 Å². The Balaban J connectivity index is 2.84. The molecule has 0 aliphatic carbocycles. The lowest BCUT2D eigenvalue weighted by atomic mass is 10.4. The third-order valence-corrected chi connectivity index (χ3v) is 3.00. The second-order valence-electron chi connectivity index (χ2n) is 4.48. The number of fused-ring (bicyclic) bond motifs is 1. The van der Waals surface area contributed by atoms with Crippen LogP contribution in [0.4, 0.5) is 0 Å². The van der Waals surface area contributed by atoms with Crippen molar-refractivity contribution in [1.29, 1.82) is 0 Å². The molecule has 2 aromatic rings. The quantitative estimate of drug-likeness (QED) is 0.804. The van der Waals surface area contributed by atoms with Crippen molar-refractivity contribution in [2.45, 2.75) is 46.3 Å². The molecular formula is C12H19N5O2. The monoisotopic (exact) mass is 265 g/mol. The molecule has 2 heterocycles. The summed E-state index contributed by atoms with van der Waals surface area (Å²) in [5.41, 5.74) is 5.69. The van der Waals surface area contributed by atoms with Crippen molar-refractivity contribution in [2.75, 3.05) is 0 Å². The van der Waals surface area contributed by atoms with Crippen LogP contribution in [0.2, 0.25) is 0 Å². The normalized spacial score (nSPS) is 11.3. The van der Waals surface area contributed by atoms with E-state index in [2.05, 4.69) is 9.97 Å². The van der Waals surface area contributed by atoms with Gasteiger partial charge in [0.1, 0.15) is 11.3 Å². The topological polar surface area (TPSA) is 98.7 Å². The van der Waals surface area contributed by atoms with Crippen LogP contribution in [0.1, 0.15) is 32.5 Å². The van der Waals surface area contributed by atoms with Crippen molar-refractivity contribution in [3.05, 3.63) is 26.7 Å². The Bertz CT molecular complexity index is 694. The number of aryl methyl sites for hydroxylation is 1. The first kappa shape index (κ1) is 13.5. The van der Waals surface area contributed by atoms with E-state index in [1.165, 1.54) is 4.57 Å². The zero-order chi connectivity index (χ0) is 14.0. The number of H-pyrrole nitrogens is 1. The lowest BCUT2D eigenvalue weighted by Gasteiger charge is -2.09. The molecule has 0 amide bonds. The summed E-state index contributed by atoms with van der Waals surface area (Å²) in [5.74, 6) is 0.519. The van der Waals surface area contributed by atoms with Gasteiger partial charge < -0.3 is 10.7 Å². The lowest BCUT2D eigenvalue weighted by molar-refractivity contribution is 0.555. The highest BCUT2D eigenvalue weighted by atomic mass is 16.2. The Morgan fingerprint density at radius 1 is 1.16 bits per heavy atom. The predicted molar refractivity (Wildman–Crippen MR) is 73.1 cm³/mol. The summed E-state index contributed by atoms with van der Waals surface area (Å²) in [6.07, 6.45) is 1.52. The highest BCUT2D eigenvalue weighted by Gasteiger charge is 2.15. The van der Waals surface area contributed by atoms with Gasteiger partial charge in [-0.2, -0.15) is 0 Å². The van der Waals surface area contributed by atoms with Crippen LogP contribution in [0.5, 0.6) is 0 Å². The molecule has 0 radical (unpaired) electrons. The minimum Gasteiger partial charge on any atom is -0.335 e. The SMILES string of the molecule is CCCn1c(=O)c2[nH]c(CN)nc2n(CCC)c1=O. The molecule has 0 bridgehead atoms. The Morgan fingerprint density at radius 2 is 1.79 bits per heavy atom. The fraction of sp³-hybridized carbons (Fsp3) is 0.583. The van der Waals surface area contributed by atoms with Crippen LogP contribution in [0, 0.1) is 0 Å². The number of hydrogen-bond donors (Lipinski definition) is 2. The van der Waals surface area contributed by atoms with Gasteiger partial charge in [-0.05, 0) is 12.8 Å². The molecule has 7 nitrogen and oxygen atoms in total. The highest BCUT2D eigenvalue weighted by Crippen LogP contribution is 2.06. The maximum atomic E-state index is 12.3. The van der Waals surface area contributed by atoms with Gasteiger partial charge in [-0.3, -0.25) is 13.9 Å². The highest BCUT2D eigenvalue weighted by molar-refractivity contribution is 5.69. The van der Waals surface area contributed by atoms with Crippen LogP contribution in [0.3, 0.4) is 0 Å². The average Bonchev–Trinajstić information content (AvgIpc) is 2.84. The molecule has 3 N–H and O–H groups in total. The summed E-state index contributed by atoms with van der Waals surface area (Å²) in [6, 6.07) is 0. The van der Waals surface area contributed by atoms with Gasteiger partial charge in [0.25, 0.3) is 5.56 Å². The zero-order valence-electron chi connectivity index (χ0n) is 11.3. The van der Waals surface area contributed by atoms with Crippen molar-refractivity contribution >= 4 is 11.2 Å². The first-order valence-corrected chi connectivity index (χ1v) is 6.56. The fourth-order valence-corrected chi connectivity index (χ4v) is 2.16. The first-order valence-electron chi connectivity index (χ1n) is 6.56. The molecular weight excluding hydrogens is 246 g/mol. The van der Waals surface area contributed by atoms with E-state index in [-0.39, 0.29) is 17.8 Å². The van der Waals surface area contributed by atoms with E-state index in [0.717, 1.165) is 12.8 Å². The molecule has 0 atom stereocenters. The molecule has 19 heavy (non-hydrogen) atoms. The summed E-state index contributed by atoms with van der Waals surface area (Å²) in [4.78, 5) is 31.7. The maximum absolute atomic E-state index is 12.3. The molecule has 2 rings (SSSR count). The smallest absolute Gasteiger partial charge is 0.332 e. The van der Waals surface area contributed by atoms with Crippen molar-refractivity contribution in [3.8, 4) is 0 Å².